The Kier molecular flexibility index (Phi) is 7.62. The number of ether oxygens (including phenoxy) is 1. The first-order valence-corrected chi connectivity index (χ1v) is 13.3. The number of aliphatic imine (C=N–C) groups is 1. The molecule has 4 aliphatic rings. The van der Waals surface area contributed by atoms with E-state index < -0.39 is 24.2 Å². The summed E-state index contributed by atoms with van der Waals surface area (Å²) in [7, 11) is 1.65. The molecule has 0 spiro atoms. The lowest BCUT2D eigenvalue weighted by molar-refractivity contribution is -0.175. The van der Waals surface area contributed by atoms with Gasteiger partial charge in [-0.2, -0.15) is 5.06 Å². The molecule has 1 saturated heterocycles. The average molecular weight is 584 g/mol. The molecule has 1 amide bonds. The van der Waals surface area contributed by atoms with Crippen LogP contribution >= 0.6 is 22.6 Å². The number of aliphatic hydroxyl groups is 1. The van der Waals surface area contributed by atoms with Gasteiger partial charge in [-0.3, -0.25) is 14.6 Å². The number of fused-ring (bicyclic) bond motifs is 2. The number of carbonyl (C=O) groups excluding carboxylic acids is 1. The molecule has 1 aliphatic heterocycles. The van der Waals surface area contributed by atoms with Crippen molar-refractivity contribution >= 4 is 35.2 Å². The smallest absolute Gasteiger partial charge is 0.240 e. The summed E-state index contributed by atoms with van der Waals surface area (Å²) in [6.07, 6.45) is 1.11. The van der Waals surface area contributed by atoms with Gasteiger partial charge in [-0.25, -0.2) is 0 Å². The van der Waals surface area contributed by atoms with Gasteiger partial charge in [0.15, 0.2) is 0 Å². The summed E-state index contributed by atoms with van der Waals surface area (Å²) >= 11 is 2.24. The van der Waals surface area contributed by atoms with E-state index in [0.717, 1.165) is 21.3 Å². The third-order valence-corrected chi connectivity index (χ3v) is 9.62. The first-order chi connectivity index (χ1) is 16.1. The number of benzene rings is 1. The number of nitrogens with zero attached hydrogens (tertiary/aromatic N) is 2. The summed E-state index contributed by atoms with van der Waals surface area (Å²) < 4.78 is 6.63. The zero-order valence-corrected chi connectivity index (χ0v) is 23.0. The quantitative estimate of drug-likeness (QED) is 0.361. The maximum absolute atomic E-state index is 13.8. The number of amides is 1. The number of rotatable bonds is 8. The van der Waals surface area contributed by atoms with Crippen molar-refractivity contribution in [3.8, 4) is 5.75 Å². The van der Waals surface area contributed by atoms with Gasteiger partial charge in [0.2, 0.25) is 5.91 Å². The van der Waals surface area contributed by atoms with Crippen molar-refractivity contribution in [2.75, 3.05) is 13.7 Å². The summed E-state index contributed by atoms with van der Waals surface area (Å²) in [5.41, 5.74) is 1.28. The van der Waals surface area contributed by atoms with Gasteiger partial charge in [-0.15, -0.1) is 0 Å². The van der Waals surface area contributed by atoms with Gasteiger partial charge in [0.1, 0.15) is 17.9 Å². The molecule has 7 nitrogen and oxygen atoms in total. The molecular weight excluding hydrogens is 545 g/mol. The van der Waals surface area contributed by atoms with E-state index in [0.29, 0.717) is 36.3 Å². The van der Waals surface area contributed by atoms with E-state index >= 15 is 0 Å². The average Bonchev–Trinajstić information content (AvgIpc) is 3.13. The summed E-state index contributed by atoms with van der Waals surface area (Å²) in [5, 5.41) is 15.8. The van der Waals surface area contributed by atoms with E-state index in [-0.39, 0.29) is 11.9 Å². The molecule has 1 aromatic carbocycles. The Bertz CT molecular complexity index is 923. The molecule has 2 bridgehead atoms. The van der Waals surface area contributed by atoms with Crippen LogP contribution in [0.15, 0.2) is 23.2 Å². The number of carbonyl (C=O) groups is 1. The monoisotopic (exact) mass is 583 g/mol. The standard InChI is InChI=1S/C26H38IN3O4/c1-14-18-10-17(26(18,3)4)11-20(14)29-25(32)23-22(15(2)31)21(12-28-5)34-30(23)13-16-8-7-9-19(27)24(16)33-6/h7-9,14-15,17-18,20-23,31H,5,10-13H2,1-4,6H3,(H,29,32)/t14-,15-,17+,18-,20-,21-,22+,23-/m0/s1. The second-order valence-corrected chi connectivity index (χ2v) is 12.1. The third kappa shape index (κ3) is 4.51. The van der Waals surface area contributed by atoms with E-state index in [1.54, 1.807) is 19.1 Å². The fourth-order valence-corrected chi connectivity index (χ4v) is 7.46. The van der Waals surface area contributed by atoms with Crippen LogP contribution in [-0.2, 0) is 16.2 Å². The van der Waals surface area contributed by atoms with Gasteiger partial charge in [0, 0.05) is 17.5 Å². The van der Waals surface area contributed by atoms with Gasteiger partial charge in [-0.05, 0) is 78.3 Å². The highest BCUT2D eigenvalue weighted by Gasteiger charge is 2.57. The van der Waals surface area contributed by atoms with E-state index in [9.17, 15) is 9.90 Å². The van der Waals surface area contributed by atoms with Crippen molar-refractivity contribution in [3.05, 3.63) is 27.3 Å². The second kappa shape index (κ2) is 10.0. The molecule has 8 atom stereocenters. The highest BCUT2D eigenvalue weighted by atomic mass is 127. The molecule has 0 aromatic heterocycles. The molecule has 8 heteroatoms. The molecule has 3 aliphatic carbocycles. The van der Waals surface area contributed by atoms with E-state index in [1.807, 2.05) is 18.2 Å². The maximum atomic E-state index is 13.8. The van der Waals surface area contributed by atoms with Crippen LogP contribution in [0.4, 0.5) is 0 Å². The number of nitrogens with one attached hydrogen (secondary N) is 1. The highest BCUT2D eigenvalue weighted by Crippen LogP contribution is 2.61. The van der Waals surface area contributed by atoms with E-state index in [1.165, 1.54) is 6.42 Å². The van der Waals surface area contributed by atoms with Crippen molar-refractivity contribution in [1.82, 2.24) is 10.4 Å². The molecule has 0 unspecified atom stereocenters. The Morgan fingerprint density at radius 2 is 2.18 bits per heavy atom. The van der Waals surface area contributed by atoms with Crippen molar-refractivity contribution in [3.63, 3.8) is 0 Å². The Labute approximate surface area is 216 Å². The summed E-state index contributed by atoms with van der Waals surface area (Å²) in [4.78, 5) is 24.1. The Morgan fingerprint density at radius 1 is 1.44 bits per heavy atom. The molecule has 188 valence electrons. The number of methoxy groups -OCH3 is 1. The predicted molar refractivity (Wildman–Crippen MR) is 141 cm³/mol. The third-order valence-electron chi connectivity index (χ3n) is 8.77. The Hall–Kier alpha value is -1.23. The molecule has 3 saturated carbocycles. The fourth-order valence-electron chi connectivity index (χ4n) is 6.69. The summed E-state index contributed by atoms with van der Waals surface area (Å²) in [6.45, 7) is 13.0. The Morgan fingerprint density at radius 3 is 2.76 bits per heavy atom. The van der Waals surface area contributed by atoms with Crippen molar-refractivity contribution < 1.29 is 19.5 Å². The van der Waals surface area contributed by atoms with Gasteiger partial charge >= 0.3 is 0 Å². The summed E-state index contributed by atoms with van der Waals surface area (Å²) in [5.74, 6) is 1.98. The molecule has 2 N–H and O–H groups in total. The van der Waals surface area contributed by atoms with Crippen LogP contribution in [0, 0.1) is 32.7 Å². The normalized spacial score (nSPS) is 35.3. The number of hydrogen-bond donors (Lipinski definition) is 2. The minimum atomic E-state index is -0.735. The number of halogens is 1. The number of aliphatic hydroxyl groups excluding tert-OH is 1. The molecular formula is C26H38IN3O4. The molecule has 1 aromatic rings. The molecule has 34 heavy (non-hydrogen) atoms. The number of hydrogen-bond acceptors (Lipinski definition) is 6. The van der Waals surface area contributed by atoms with Crippen molar-refractivity contribution in [2.24, 2.45) is 34.1 Å². The molecule has 4 fully saturated rings. The van der Waals surface area contributed by atoms with Crippen molar-refractivity contribution in [1.29, 1.82) is 0 Å². The molecule has 0 radical (unpaired) electrons. The van der Waals surface area contributed by atoms with Crippen LogP contribution in [0.2, 0.25) is 0 Å². The first-order valence-electron chi connectivity index (χ1n) is 12.3. The number of hydroxylamine groups is 2. The first kappa shape index (κ1) is 25.9. The molecule has 1 heterocycles. The highest BCUT2D eigenvalue weighted by molar-refractivity contribution is 14.1. The molecule has 5 rings (SSSR count). The lowest BCUT2D eigenvalue weighted by Crippen LogP contribution is -2.62. The van der Waals surface area contributed by atoms with Crippen LogP contribution in [0.1, 0.15) is 46.1 Å². The zero-order chi connectivity index (χ0) is 24.8. The second-order valence-electron chi connectivity index (χ2n) is 10.9. The zero-order valence-electron chi connectivity index (χ0n) is 20.8. The lowest BCUT2D eigenvalue weighted by atomic mass is 9.45. The lowest BCUT2D eigenvalue weighted by Gasteiger charge is -2.62. The van der Waals surface area contributed by atoms with E-state index in [4.69, 9.17) is 9.57 Å². The number of para-hydroxylation sites is 1. The van der Waals surface area contributed by atoms with Gasteiger partial charge in [0.05, 0.1) is 29.9 Å². The van der Waals surface area contributed by atoms with E-state index in [2.05, 4.69) is 60.4 Å². The van der Waals surface area contributed by atoms with Crippen LogP contribution in [0.5, 0.6) is 5.75 Å². The van der Waals surface area contributed by atoms with Crippen LogP contribution in [0.25, 0.3) is 0 Å². The summed E-state index contributed by atoms with van der Waals surface area (Å²) in [6, 6.07) is 5.45. The van der Waals surface area contributed by atoms with Crippen LogP contribution in [0.3, 0.4) is 0 Å². The van der Waals surface area contributed by atoms with Gasteiger partial charge in [-0.1, -0.05) is 32.9 Å². The minimum absolute atomic E-state index is 0.0852. The topological polar surface area (TPSA) is 83.4 Å². The largest absolute Gasteiger partial charge is 0.495 e. The Balaban J connectivity index is 1.58. The predicted octanol–water partition coefficient (Wildman–Crippen LogP) is 3.67. The minimum Gasteiger partial charge on any atom is -0.495 e. The van der Waals surface area contributed by atoms with Crippen molar-refractivity contribution in [2.45, 2.75) is 71.4 Å². The SMILES string of the molecule is C=NC[C@@H]1ON(Cc2cccc(I)c2OC)[C@H](C(=O)N[C@H]2C[C@H]3C[C@@H]([C@@H]2C)C3(C)C)[C@@H]1[C@H](C)O. The maximum Gasteiger partial charge on any atom is 0.240 e. The van der Waals surface area contributed by atoms with Crippen LogP contribution < -0.4 is 10.1 Å². The fraction of sp³-hybridized carbons (Fsp3) is 0.692. The van der Waals surface area contributed by atoms with Gasteiger partial charge in [0.25, 0.3) is 0 Å². The van der Waals surface area contributed by atoms with Gasteiger partial charge < -0.3 is 15.2 Å². The van der Waals surface area contributed by atoms with Crippen LogP contribution in [-0.4, -0.2) is 60.7 Å².